The van der Waals surface area contributed by atoms with Crippen molar-refractivity contribution >= 4 is 39.8 Å². The Morgan fingerprint density at radius 1 is 1.44 bits per heavy atom. The fraction of sp³-hybridized carbons (Fsp3) is 0.111. The van der Waals surface area contributed by atoms with E-state index < -0.39 is 0 Å². The lowest BCUT2D eigenvalue weighted by molar-refractivity contribution is 0.617. The second-order valence-electron chi connectivity index (χ2n) is 2.90. The van der Waals surface area contributed by atoms with E-state index in [1.807, 2.05) is 0 Å². The molecule has 84 valence electrons. The Balaban J connectivity index is 2.10. The van der Waals surface area contributed by atoms with Gasteiger partial charge in [0.05, 0.1) is 0 Å². The van der Waals surface area contributed by atoms with Gasteiger partial charge in [-0.3, -0.25) is 0 Å². The number of halogens is 2. The number of anilines is 1. The van der Waals surface area contributed by atoms with E-state index in [1.54, 1.807) is 12.1 Å². The van der Waals surface area contributed by atoms with Gasteiger partial charge in [-0.1, -0.05) is 40.8 Å². The molecule has 0 spiro atoms. The molecular formula is C9H7ClFN3S2. The normalized spacial score (nSPS) is 10.6. The van der Waals surface area contributed by atoms with Crippen LogP contribution in [0.1, 0.15) is 5.56 Å². The van der Waals surface area contributed by atoms with Gasteiger partial charge in [0, 0.05) is 16.3 Å². The second-order valence-corrected chi connectivity index (χ2v) is 5.53. The maximum atomic E-state index is 13.4. The molecule has 1 aromatic heterocycles. The van der Waals surface area contributed by atoms with Gasteiger partial charge in [-0.15, -0.1) is 10.2 Å². The fourth-order valence-corrected chi connectivity index (χ4v) is 3.06. The van der Waals surface area contributed by atoms with Crippen LogP contribution in [0, 0.1) is 5.82 Å². The summed E-state index contributed by atoms with van der Waals surface area (Å²) in [6.45, 7) is 0. The predicted molar refractivity (Wildman–Crippen MR) is 65.3 cm³/mol. The van der Waals surface area contributed by atoms with Crippen molar-refractivity contribution in [1.82, 2.24) is 10.2 Å². The van der Waals surface area contributed by atoms with E-state index in [-0.39, 0.29) is 5.82 Å². The number of rotatable bonds is 3. The van der Waals surface area contributed by atoms with E-state index in [1.165, 1.54) is 29.2 Å². The van der Waals surface area contributed by atoms with E-state index in [0.29, 0.717) is 25.8 Å². The molecule has 1 heterocycles. The minimum atomic E-state index is -0.308. The molecule has 0 saturated carbocycles. The average Bonchev–Trinajstić information content (AvgIpc) is 2.63. The Hall–Kier alpha value is -0.850. The number of aromatic nitrogens is 2. The van der Waals surface area contributed by atoms with Crippen LogP contribution in [0.2, 0.25) is 5.02 Å². The largest absolute Gasteiger partial charge is 0.374 e. The highest BCUT2D eigenvalue weighted by Crippen LogP contribution is 2.30. The molecule has 2 N–H and O–H groups in total. The Morgan fingerprint density at radius 2 is 2.25 bits per heavy atom. The summed E-state index contributed by atoms with van der Waals surface area (Å²) < 4.78 is 14.1. The molecule has 0 radical (unpaired) electrons. The quantitative estimate of drug-likeness (QED) is 0.874. The topological polar surface area (TPSA) is 51.8 Å². The Bertz CT molecular complexity index is 483. The van der Waals surface area contributed by atoms with E-state index in [4.69, 9.17) is 17.3 Å². The Labute approximate surface area is 105 Å². The SMILES string of the molecule is Nc1nnc(SCc2c(F)cccc2Cl)s1. The van der Waals surface area contributed by atoms with Crippen LogP contribution in [0.5, 0.6) is 0 Å². The lowest BCUT2D eigenvalue weighted by Gasteiger charge is -2.03. The third-order valence-electron chi connectivity index (χ3n) is 1.82. The summed E-state index contributed by atoms with van der Waals surface area (Å²) >= 11 is 8.53. The molecule has 0 amide bonds. The molecule has 0 aliphatic heterocycles. The summed E-state index contributed by atoms with van der Waals surface area (Å²) in [6.07, 6.45) is 0. The van der Waals surface area contributed by atoms with Crippen molar-refractivity contribution in [1.29, 1.82) is 0 Å². The summed E-state index contributed by atoms with van der Waals surface area (Å²) in [5.41, 5.74) is 5.91. The van der Waals surface area contributed by atoms with Gasteiger partial charge in [0.2, 0.25) is 5.13 Å². The van der Waals surface area contributed by atoms with Crippen molar-refractivity contribution < 1.29 is 4.39 Å². The van der Waals surface area contributed by atoms with Crippen molar-refractivity contribution in [3.8, 4) is 0 Å². The average molecular weight is 276 g/mol. The van der Waals surface area contributed by atoms with Crippen LogP contribution in [0.3, 0.4) is 0 Å². The van der Waals surface area contributed by atoms with E-state index >= 15 is 0 Å². The smallest absolute Gasteiger partial charge is 0.203 e. The van der Waals surface area contributed by atoms with Crippen molar-refractivity contribution in [2.75, 3.05) is 5.73 Å². The summed E-state index contributed by atoms with van der Waals surface area (Å²) in [7, 11) is 0. The van der Waals surface area contributed by atoms with Crippen LogP contribution in [0.4, 0.5) is 9.52 Å². The first kappa shape index (κ1) is 11.6. The molecule has 0 fully saturated rings. The minimum Gasteiger partial charge on any atom is -0.374 e. The minimum absolute atomic E-state index is 0.308. The summed E-state index contributed by atoms with van der Waals surface area (Å²) in [5, 5.41) is 8.33. The number of benzene rings is 1. The number of nitrogen functional groups attached to an aromatic ring is 1. The molecule has 0 aliphatic rings. The Kier molecular flexibility index (Phi) is 3.63. The molecule has 3 nitrogen and oxygen atoms in total. The molecule has 0 saturated heterocycles. The van der Waals surface area contributed by atoms with Gasteiger partial charge in [0.25, 0.3) is 0 Å². The van der Waals surface area contributed by atoms with Crippen LogP contribution in [-0.4, -0.2) is 10.2 Å². The van der Waals surface area contributed by atoms with Gasteiger partial charge in [-0.05, 0) is 12.1 Å². The molecule has 0 bridgehead atoms. The predicted octanol–water partition coefficient (Wildman–Crippen LogP) is 3.21. The van der Waals surface area contributed by atoms with E-state index in [0.717, 1.165) is 0 Å². The molecule has 0 unspecified atom stereocenters. The number of nitrogens with two attached hydrogens (primary N) is 1. The number of nitrogens with zero attached hydrogens (tertiary/aromatic N) is 2. The molecule has 1 aromatic carbocycles. The lowest BCUT2D eigenvalue weighted by Crippen LogP contribution is -1.88. The summed E-state index contributed by atoms with van der Waals surface area (Å²) in [5.74, 6) is 0.109. The summed E-state index contributed by atoms with van der Waals surface area (Å²) in [6, 6.07) is 4.62. The zero-order chi connectivity index (χ0) is 11.5. The number of hydrogen-bond acceptors (Lipinski definition) is 5. The fourth-order valence-electron chi connectivity index (χ4n) is 1.08. The third kappa shape index (κ3) is 2.63. The molecule has 16 heavy (non-hydrogen) atoms. The maximum Gasteiger partial charge on any atom is 0.203 e. The van der Waals surface area contributed by atoms with Crippen LogP contribution >= 0.6 is 34.7 Å². The standard InChI is InChI=1S/C9H7ClFN3S2/c10-6-2-1-3-7(11)5(6)4-15-9-14-13-8(12)16-9/h1-3H,4H2,(H2,12,13). The van der Waals surface area contributed by atoms with Crippen LogP contribution in [0.15, 0.2) is 22.5 Å². The van der Waals surface area contributed by atoms with Crippen LogP contribution < -0.4 is 5.73 Å². The van der Waals surface area contributed by atoms with Crippen molar-refractivity contribution in [3.05, 3.63) is 34.6 Å². The second kappa shape index (κ2) is 4.99. The van der Waals surface area contributed by atoms with Crippen LogP contribution in [-0.2, 0) is 5.75 Å². The highest BCUT2D eigenvalue weighted by molar-refractivity contribution is 8.00. The first-order valence-corrected chi connectivity index (χ1v) is 6.49. The van der Waals surface area contributed by atoms with E-state index in [9.17, 15) is 4.39 Å². The highest BCUT2D eigenvalue weighted by Gasteiger charge is 2.09. The monoisotopic (exact) mass is 275 g/mol. The van der Waals surface area contributed by atoms with Gasteiger partial charge in [-0.2, -0.15) is 0 Å². The van der Waals surface area contributed by atoms with Gasteiger partial charge >= 0.3 is 0 Å². The zero-order valence-electron chi connectivity index (χ0n) is 7.98. The van der Waals surface area contributed by atoms with Crippen molar-refractivity contribution in [2.24, 2.45) is 0 Å². The van der Waals surface area contributed by atoms with Gasteiger partial charge < -0.3 is 5.73 Å². The zero-order valence-corrected chi connectivity index (χ0v) is 10.4. The van der Waals surface area contributed by atoms with Gasteiger partial charge in [0.1, 0.15) is 5.82 Å². The first-order chi connectivity index (χ1) is 7.66. The first-order valence-electron chi connectivity index (χ1n) is 4.31. The summed E-state index contributed by atoms with van der Waals surface area (Å²) in [4.78, 5) is 0. The van der Waals surface area contributed by atoms with E-state index in [2.05, 4.69) is 10.2 Å². The molecule has 2 aromatic rings. The van der Waals surface area contributed by atoms with Crippen LogP contribution in [0.25, 0.3) is 0 Å². The molecular weight excluding hydrogens is 269 g/mol. The van der Waals surface area contributed by atoms with Gasteiger partial charge in [0.15, 0.2) is 4.34 Å². The molecule has 2 rings (SSSR count). The van der Waals surface area contributed by atoms with Crippen molar-refractivity contribution in [3.63, 3.8) is 0 Å². The van der Waals surface area contributed by atoms with Crippen molar-refractivity contribution in [2.45, 2.75) is 10.1 Å². The molecule has 0 aliphatic carbocycles. The molecule has 7 heteroatoms. The molecule has 0 atom stereocenters. The highest BCUT2D eigenvalue weighted by atomic mass is 35.5. The lowest BCUT2D eigenvalue weighted by atomic mass is 10.2. The number of hydrogen-bond donors (Lipinski definition) is 1. The number of thioether (sulfide) groups is 1. The Morgan fingerprint density at radius 3 is 2.88 bits per heavy atom. The van der Waals surface area contributed by atoms with Gasteiger partial charge in [-0.25, -0.2) is 4.39 Å². The maximum absolute atomic E-state index is 13.4. The third-order valence-corrected chi connectivity index (χ3v) is 4.09.